The van der Waals surface area contributed by atoms with Crippen molar-refractivity contribution in [2.75, 3.05) is 25.5 Å². The Kier molecular flexibility index (Phi) is 6.21. The molecule has 0 heterocycles. The number of amides is 1. The van der Waals surface area contributed by atoms with Gasteiger partial charge in [-0.25, -0.2) is 0 Å². The number of benzene rings is 1. The number of rotatable bonds is 7. The minimum Gasteiger partial charge on any atom is -0.326 e. The number of hydrogen-bond acceptors (Lipinski definition) is 3. The minimum atomic E-state index is 0.0717. The fourth-order valence-electron chi connectivity index (χ4n) is 3.02. The second-order valence-corrected chi connectivity index (χ2v) is 6.12. The molecule has 0 spiro atoms. The predicted octanol–water partition coefficient (Wildman–Crippen LogP) is 2.60. The van der Waals surface area contributed by atoms with Gasteiger partial charge >= 0.3 is 0 Å². The largest absolute Gasteiger partial charge is 0.326 e. The van der Waals surface area contributed by atoms with Gasteiger partial charge in [0.2, 0.25) is 5.91 Å². The first-order valence-corrected chi connectivity index (χ1v) is 7.95. The first-order valence-electron chi connectivity index (χ1n) is 7.95. The zero-order valence-electron chi connectivity index (χ0n) is 13.0. The van der Waals surface area contributed by atoms with E-state index in [-0.39, 0.29) is 5.91 Å². The van der Waals surface area contributed by atoms with Crippen LogP contribution in [0.25, 0.3) is 0 Å². The van der Waals surface area contributed by atoms with E-state index in [1.54, 1.807) is 0 Å². The maximum absolute atomic E-state index is 12.0. The van der Waals surface area contributed by atoms with E-state index in [0.29, 0.717) is 13.0 Å². The molecule has 116 valence electrons. The molecule has 4 nitrogen and oxygen atoms in total. The summed E-state index contributed by atoms with van der Waals surface area (Å²) in [7, 11) is 2.11. The van der Waals surface area contributed by atoms with Gasteiger partial charge in [-0.15, -0.1) is 0 Å². The lowest BCUT2D eigenvalue weighted by Gasteiger charge is -2.20. The molecule has 1 aromatic carbocycles. The monoisotopic (exact) mass is 289 g/mol. The summed E-state index contributed by atoms with van der Waals surface area (Å²) in [5, 5.41) is 2.94. The Bertz CT molecular complexity index is 455. The summed E-state index contributed by atoms with van der Waals surface area (Å²) in [4.78, 5) is 14.3. The fourth-order valence-corrected chi connectivity index (χ4v) is 3.02. The molecule has 0 saturated heterocycles. The maximum Gasteiger partial charge on any atom is 0.225 e. The average molecular weight is 289 g/mol. The summed E-state index contributed by atoms with van der Waals surface area (Å²) in [6.45, 7) is 2.43. The molecule has 0 unspecified atom stereocenters. The smallest absolute Gasteiger partial charge is 0.225 e. The number of anilines is 1. The molecule has 1 aliphatic carbocycles. The Balaban J connectivity index is 1.71. The topological polar surface area (TPSA) is 58.4 Å². The molecular weight excluding hydrogens is 262 g/mol. The Morgan fingerprint density at radius 3 is 2.86 bits per heavy atom. The Morgan fingerprint density at radius 2 is 2.14 bits per heavy atom. The molecule has 0 aliphatic heterocycles. The van der Waals surface area contributed by atoms with Gasteiger partial charge in [0.1, 0.15) is 0 Å². The third kappa shape index (κ3) is 5.48. The number of nitrogens with zero attached hydrogens (tertiary/aromatic N) is 1. The Hall–Kier alpha value is -1.39. The van der Waals surface area contributed by atoms with Gasteiger partial charge in [-0.3, -0.25) is 4.79 Å². The summed E-state index contributed by atoms with van der Waals surface area (Å²) in [6.07, 6.45) is 5.98. The molecule has 0 atom stereocenters. The van der Waals surface area contributed by atoms with Gasteiger partial charge in [0.15, 0.2) is 0 Å². The highest BCUT2D eigenvalue weighted by atomic mass is 16.1. The number of hydrogen-bond donors (Lipinski definition) is 2. The van der Waals surface area contributed by atoms with Crippen molar-refractivity contribution in [3.8, 4) is 0 Å². The van der Waals surface area contributed by atoms with Crippen LogP contribution in [-0.4, -0.2) is 30.9 Å². The van der Waals surface area contributed by atoms with Gasteiger partial charge in [-0.2, -0.15) is 0 Å². The fraction of sp³-hybridized carbons (Fsp3) is 0.588. The van der Waals surface area contributed by atoms with Crippen LogP contribution in [0.5, 0.6) is 0 Å². The summed E-state index contributed by atoms with van der Waals surface area (Å²) in [5.41, 5.74) is 7.47. The van der Waals surface area contributed by atoms with E-state index in [1.165, 1.54) is 25.7 Å². The van der Waals surface area contributed by atoms with Gasteiger partial charge in [0, 0.05) is 31.7 Å². The summed E-state index contributed by atoms with van der Waals surface area (Å²) in [5.74, 6) is 0.904. The third-order valence-corrected chi connectivity index (χ3v) is 4.21. The summed E-state index contributed by atoms with van der Waals surface area (Å²) < 4.78 is 0. The molecule has 1 fully saturated rings. The van der Waals surface area contributed by atoms with Crippen molar-refractivity contribution in [3.63, 3.8) is 0 Å². The quantitative estimate of drug-likeness (QED) is 0.811. The van der Waals surface area contributed by atoms with Crippen LogP contribution in [0.2, 0.25) is 0 Å². The molecule has 0 radical (unpaired) electrons. The molecule has 21 heavy (non-hydrogen) atoms. The zero-order chi connectivity index (χ0) is 15.1. The summed E-state index contributed by atoms with van der Waals surface area (Å²) >= 11 is 0. The normalized spacial score (nSPS) is 15.6. The van der Waals surface area contributed by atoms with Crippen LogP contribution in [0.3, 0.4) is 0 Å². The van der Waals surface area contributed by atoms with Crippen LogP contribution in [0.4, 0.5) is 5.69 Å². The molecule has 0 bridgehead atoms. The van der Waals surface area contributed by atoms with E-state index in [9.17, 15) is 4.79 Å². The van der Waals surface area contributed by atoms with E-state index in [2.05, 4.69) is 17.3 Å². The molecule has 1 saturated carbocycles. The Morgan fingerprint density at radius 1 is 1.38 bits per heavy atom. The molecule has 1 amide bonds. The summed E-state index contributed by atoms with van der Waals surface area (Å²) in [6, 6.07) is 7.72. The first-order chi connectivity index (χ1) is 10.2. The third-order valence-electron chi connectivity index (χ3n) is 4.21. The van der Waals surface area contributed by atoms with Crippen molar-refractivity contribution in [2.24, 2.45) is 11.7 Å². The number of nitrogens with two attached hydrogens (primary N) is 1. The van der Waals surface area contributed by atoms with Gasteiger partial charge in [-0.1, -0.05) is 25.0 Å². The lowest BCUT2D eigenvalue weighted by atomic mass is 10.1. The highest BCUT2D eigenvalue weighted by Gasteiger charge is 2.17. The van der Waals surface area contributed by atoms with Crippen LogP contribution in [0.15, 0.2) is 24.3 Å². The van der Waals surface area contributed by atoms with Crippen LogP contribution in [-0.2, 0) is 11.3 Å². The molecule has 1 aliphatic rings. The molecule has 2 rings (SSSR count). The average Bonchev–Trinajstić information content (AvgIpc) is 2.98. The maximum atomic E-state index is 12.0. The molecule has 3 N–H and O–H groups in total. The predicted molar refractivity (Wildman–Crippen MR) is 87.0 cm³/mol. The molecular formula is C17H27N3O. The van der Waals surface area contributed by atoms with Crippen molar-refractivity contribution in [2.45, 2.75) is 38.6 Å². The van der Waals surface area contributed by atoms with Gasteiger partial charge in [0.25, 0.3) is 0 Å². The van der Waals surface area contributed by atoms with Gasteiger partial charge in [0.05, 0.1) is 0 Å². The second-order valence-electron chi connectivity index (χ2n) is 6.12. The van der Waals surface area contributed by atoms with E-state index in [0.717, 1.165) is 30.3 Å². The SMILES string of the molecule is CN(CCC(=O)Nc1cccc(CN)c1)CC1CCCC1. The van der Waals surface area contributed by atoms with Crippen LogP contribution < -0.4 is 11.1 Å². The van der Waals surface area contributed by atoms with Gasteiger partial charge in [-0.05, 0) is 43.5 Å². The van der Waals surface area contributed by atoms with Crippen molar-refractivity contribution in [3.05, 3.63) is 29.8 Å². The lowest BCUT2D eigenvalue weighted by Crippen LogP contribution is -2.28. The van der Waals surface area contributed by atoms with Crippen molar-refractivity contribution < 1.29 is 4.79 Å². The lowest BCUT2D eigenvalue weighted by molar-refractivity contribution is -0.116. The molecule has 4 heteroatoms. The van der Waals surface area contributed by atoms with Crippen molar-refractivity contribution in [1.82, 2.24) is 4.90 Å². The zero-order valence-corrected chi connectivity index (χ0v) is 13.0. The van der Waals surface area contributed by atoms with Crippen LogP contribution in [0.1, 0.15) is 37.7 Å². The highest BCUT2D eigenvalue weighted by Crippen LogP contribution is 2.25. The van der Waals surface area contributed by atoms with Gasteiger partial charge < -0.3 is 16.0 Å². The van der Waals surface area contributed by atoms with E-state index in [1.807, 2.05) is 24.3 Å². The van der Waals surface area contributed by atoms with E-state index >= 15 is 0 Å². The second kappa shape index (κ2) is 8.15. The van der Waals surface area contributed by atoms with Crippen LogP contribution in [0, 0.1) is 5.92 Å². The number of nitrogens with one attached hydrogen (secondary N) is 1. The number of carbonyl (C=O) groups excluding carboxylic acids is 1. The number of carbonyl (C=O) groups is 1. The molecule has 1 aromatic rings. The van der Waals surface area contributed by atoms with Crippen molar-refractivity contribution >= 4 is 11.6 Å². The highest BCUT2D eigenvalue weighted by molar-refractivity contribution is 5.90. The van der Waals surface area contributed by atoms with E-state index < -0.39 is 0 Å². The van der Waals surface area contributed by atoms with Crippen molar-refractivity contribution in [1.29, 1.82) is 0 Å². The molecule has 0 aromatic heterocycles. The Labute approximate surface area is 127 Å². The first kappa shape index (κ1) is 16.0. The minimum absolute atomic E-state index is 0.0717. The van der Waals surface area contributed by atoms with E-state index in [4.69, 9.17) is 5.73 Å². The standard InChI is InChI=1S/C17H27N3O/c1-20(13-14-5-2-3-6-14)10-9-17(21)19-16-8-4-7-15(11-16)12-18/h4,7-8,11,14H,2-3,5-6,9-10,12-13,18H2,1H3,(H,19,21). The van der Waals surface area contributed by atoms with Crippen LogP contribution >= 0.6 is 0 Å².